The molecule has 0 bridgehead atoms. The first kappa shape index (κ1) is 16.1. The highest BCUT2D eigenvalue weighted by Crippen LogP contribution is 2.35. The zero-order valence-corrected chi connectivity index (χ0v) is 14.7. The van der Waals surface area contributed by atoms with Gasteiger partial charge in [-0.3, -0.25) is 4.98 Å². The Morgan fingerprint density at radius 1 is 0.885 bits per heavy atom. The van der Waals surface area contributed by atoms with E-state index in [-0.39, 0.29) is 11.8 Å². The molecule has 0 radical (unpaired) electrons. The van der Waals surface area contributed by atoms with Crippen molar-refractivity contribution in [3.05, 3.63) is 59.4 Å². The summed E-state index contributed by atoms with van der Waals surface area (Å²) >= 11 is 0. The molecule has 6 nitrogen and oxygen atoms in total. The molecule has 130 valence electrons. The lowest BCUT2D eigenvalue weighted by Crippen LogP contribution is -2.06. The largest absolute Gasteiger partial charge is 0.368 e. The normalized spacial score (nSPS) is 11.2. The lowest BCUT2D eigenvalue weighted by molar-refractivity contribution is 0.628. The quantitative estimate of drug-likeness (QED) is 0.599. The zero-order valence-electron chi connectivity index (χ0n) is 14.7. The smallest absolute Gasteiger partial charge is 0.223 e. The van der Waals surface area contributed by atoms with Gasteiger partial charge in [0, 0.05) is 17.0 Å². The van der Waals surface area contributed by atoms with Crippen LogP contribution in [0.1, 0.15) is 17.2 Å². The molecule has 3 heterocycles. The molecule has 0 saturated heterocycles. The van der Waals surface area contributed by atoms with Crippen LogP contribution in [0, 0.1) is 26.6 Å². The van der Waals surface area contributed by atoms with Crippen LogP contribution < -0.4 is 5.73 Å². The number of hydrogen-bond acceptors (Lipinski definition) is 5. The Hall–Kier alpha value is -3.35. The fourth-order valence-corrected chi connectivity index (χ4v) is 3.12. The number of fused-ring (bicyclic) bond motifs is 1. The third-order valence-electron chi connectivity index (χ3n) is 4.10. The van der Waals surface area contributed by atoms with E-state index in [1.807, 2.05) is 26.0 Å². The lowest BCUT2D eigenvalue weighted by atomic mass is 9.99. The van der Waals surface area contributed by atoms with Crippen molar-refractivity contribution >= 4 is 11.6 Å². The summed E-state index contributed by atoms with van der Waals surface area (Å²) in [5, 5.41) is 4.34. The van der Waals surface area contributed by atoms with Crippen LogP contribution in [-0.2, 0) is 0 Å². The van der Waals surface area contributed by atoms with Crippen LogP contribution >= 0.6 is 0 Å². The monoisotopic (exact) mass is 348 g/mol. The van der Waals surface area contributed by atoms with E-state index >= 15 is 0 Å². The molecule has 0 fully saturated rings. The molecule has 0 aliphatic carbocycles. The Bertz CT molecular complexity index is 1110. The molecule has 0 aliphatic heterocycles. The fraction of sp³-hybridized carbons (Fsp3) is 0.158. The highest BCUT2D eigenvalue weighted by molar-refractivity contribution is 5.90. The molecule has 0 saturated carbocycles. The van der Waals surface area contributed by atoms with Gasteiger partial charge >= 0.3 is 0 Å². The molecule has 4 aromatic rings. The second-order valence-corrected chi connectivity index (χ2v) is 6.23. The van der Waals surface area contributed by atoms with Crippen LogP contribution in [0.5, 0.6) is 0 Å². The van der Waals surface area contributed by atoms with Gasteiger partial charge < -0.3 is 5.73 Å². The van der Waals surface area contributed by atoms with Gasteiger partial charge in [-0.25, -0.2) is 14.4 Å². The minimum Gasteiger partial charge on any atom is -0.368 e. The SMILES string of the molecule is Cc1cc(-c2c(-c3ccc(F)cc3)nc(N)n3nc(C)nc23)cc(C)n1. The van der Waals surface area contributed by atoms with Crippen molar-refractivity contribution < 1.29 is 4.39 Å². The molecule has 0 aliphatic rings. The first-order valence-corrected chi connectivity index (χ1v) is 8.17. The van der Waals surface area contributed by atoms with E-state index in [2.05, 4.69) is 20.1 Å². The van der Waals surface area contributed by atoms with E-state index < -0.39 is 0 Å². The van der Waals surface area contributed by atoms with Crippen LogP contribution in [0.25, 0.3) is 28.0 Å². The Balaban J connectivity index is 2.12. The Kier molecular flexibility index (Phi) is 3.64. The van der Waals surface area contributed by atoms with E-state index in [1.165, 1.54) is 16.6 Å². The predicted molar refractivity (Wildman–Crippen MR) is 98.0 cm³/mol. The Morgan fingerprint density at radius 3 is 2.19 bits per heavy atom. The number of aromatic nitrogens is 5. The van der Waals surface area contributed by atoms with Gasteiger partial charge in [0.2, 0.25) is 5.95 Å². The standard InChI is InChI=1S/C19H17FN6/c1-10-8-14(9-11(2)22-10)16-17(13-4-6-15(20)7-5-13)24-19(21)26-18(16)23-12(3)25-26/h4-9H,1-3H3,(H2,21,24). The second-order valence-electron chi connectivity index (χ2n) is 6.23. The summed E-state index contributed by atoms with van der Waals surface area (Å²) < 4.78 is 14.9. The third-order valence-corrected chi connectivity index (χ3v) is 4.10. The highest BCUT2D eigenvalue weighted by atomic mass is 19.1. The summed E-state index contributed by atoms with van der Waals surface area (Å²) in [6.45, 7) is 5.67. The van der Waals surface area contributed by atoms with E-state index in [4.69, 9.17) is 5.73 Å². The number of nitrogens with two attached hydrogens (primary N) is 1. The molecule has 26 heavy (non-hydrogen) atoms. The van der Waals surface area contributed by atoms with Gasteiger partial charge in [0.25, 0.3) is 0 Å². The maximum Gasteiger partial charge on any atom is 0.223 e. The molecule has 2 N–H and O–H groups in total. The van der Waals surface area contributed by atoms with Crippen molar-refractivity contribution in [3.8, 4) is 22.4 Å². The number of pyridine rings is 1. The number of anilines is 1. The fourth-order valence-electron chi connectivity index (χ4n) is 3.12. The summed E-state index contributed by atoms with van der Waals surface area (Å²) in [5.41, 5.74) is 11.6. The molecule has 0 atom stereocenters. The summed E-state index contributed by atoms with van der Waals surface area (Å²) in [5.74, 6) is 0.517. The third kappa shape index (κ3) is 2.67. The van der Waals surface area contributed by atoms with Crippen molar-refractivity contribution in [2.75, 3.05) is 5.73 Å². The Morgan fingerprint density at radius 2 is 1.54 bits per heavy atom. The predicted octanol–water partition coefficient (Wildman–Crippen LogP) is 3.50. The molecule has 1 aromatic carbocycles. The number of halogens is 1. The van der Waals surface area contributed by atoms with E-state index in [0.717, 1.165) is 28.1 Å². The van der Waals surface area contributed by atoms with Gasteiger partial charge in [0.1, 0.15) is 11.6 Å². The van der Waals surface area contributed by atoms with Gasteiger partial charge in [-0.1, -0.05) is 0 Å². The van der Waals surface area contributed by atoms with Crippen LogP contribution in [-0.4, -0.2) is 24.6 Å². The van der Waals surface area contributed by atoms with Gasteiger partial charge in [0.15, 0.2) is 5.65 Å². The summed E-state index contributed by atoms with van der Waals surface area (Å²) in [4.78, 5) is 13.5. The maximum atomic E-state index is 13.4. The number of nitrogen functional groups attached to an aromatic ring is 1. The average Bonchev–Trinajstić information content (AvgIpc) is 2.96. The molecule has 0 unspecified atom stereocenters. The molecule has 0 spiro atoms. The van der Waals surface area contributed by atoms with Gasteiger partial charge in [-0.05, 0) is 62.7 Å². The van der Waals surface area contributed by atoms with Crippen LogP contribution in [0.15, 0.2) is 36.4 Å². The summed E-state index contributed by atoms with van der Waals surface area (Å²) in [6, 6.07) is 10.1. The summed E-state index contributed by atoms with van der Waals surface area (Å²) in [6.07, 6.45) is 0. The van der Waals surface area contributed by atoms with Gasteiger partial charge in [-0.2, -0.15) is 4.52 Å². The maximum absolute atomic E-state index is 13.4. The first-order chi connectivity index (χ1) is 12.4. The number of benzene rings is 1. The molecular weight excluding hydrogens is 331 g/mol. The number of nitrogens with zero attached hydrogens (tertiary/aromatic N) is 5. The molecular formula is C19H17FN6. The van der Waals surface area contributed by atoms with Crippen molar-refractivity contribution in [2.24, 2.45) is 0 Å². The second kappa shape index (κ2) is 5.87. The number of rotatable bonds is 2. The Labute approximate surface area is 149 Å². The number of aryl methyl sites for hydroxylation is 3. The van der Waals surface area contributed by atoms with E-state index in [1.54, 1.807) is 19.1 Å². The molecule has 0 amide bonds. The van der Waals surface area contributed by atoms with Crippen molar-refractivity contribution in [3.63, 3.8) is 0 Å². The lowest BCUT2D eigenvalue weighted by Gasteiger charge is -2.13. The van der Waals surface area contributed by atoms with Gasteiger partial charge in [-0.15, -0.1) is 5.10 Å². The van der Waals surface area contributed by atoms with Crippen LogP contribution in [0.4, 0.5) is 10.3 Å². The van der Waals surface area contributed by atoms with Crippen LogP contribution in [0.3, 0.4) is 0 Å². The zero-order chi connectivity index (χ0) is 18.4. The topological polar surface area (TPSA) is 82.0 Å². The van der Waals surface area contributed by atoms with Crippen molar-refractivity contribution in [1.29, 1.82) is 0 Å². The highest BCUT2D eigenvalue weighted by Gasteiger charge is 2.19. The molecule has 4 rings (SSSR count). The van der Waals surface area contributed by atoms with Gasteiger partial charge in [0.05, 0.1) is 11.3 Å². The van der Waals surface area contributed by atoms with Crippen LogP contribution in [0.2, 0.25) is 0 Å². The average molecular weight is 348 g/mol. The van der Waals surface area contributed by atoms with Crippen molar-refractivity contribution in [2.45, 2.75) is 20.8 Å². The minimum atomic E-state index is -0.307. The molecule has 7 heteroatoms. The van der Waals surface area contributed by atoms with Crippen molar-refractivity contribution in [1.82, 2.24) is 24.6 Å². The van der Waals surface area contributed by atoms with E-state index in [0.29, 0.717) is 17.2 Å². The summed E-state index contributed by atoms with van der Waals surface area (Å²) in [7, 11) is 0. The molecule has 3 aromatic heterocycles. The first-order valence-electron chi connectivity index (χ1n) is 8.17. The number of hydrogen-bond donors (Lipinski definition) is 1. The van der Waals surface area contributed by atoms with E-state index in [9.17, 15) is 4.39 Å². The minimum absolute atomic E-state index is 0.228.